The van der Waals surface area contributed by atoms with E-state index in [0.29, 0.717) is 6.04 Å². The lowest BCUT2D eigenvalue weighted by Crippen LogP contribution is -2.18. The summed E-state index contributed by atoms with van der Waals surface area (Å²) in [6.45, 7) is 7.35. The van der Waals surface area contributed by atoms with Crippen molar-refractivity contribution in [2.45, 2.75) is 26.8 Å². The van der Waals surface area contributed by atoms with Crippen LogP contribution < -0.4 is 5.32 Å². The van der Waals surface area contributed by atoms with Crippen molar-refractivity contribution in [2.24, 2.45) is 0 Å². The number of allylic oxidation sites excluding steroid dienone is 1. The molecule has 2 heteroatoms. The summed E-state index contributed by atoms with van der Waals surface area (Å²) in [5.74, 6) is 0. The molecule has 0 saturated carbocycles. The SMILES string of the molecule is CC(C)=CCNC(C)c1ccc(Br)cc1. The number of nitrogens with one attached hydrogen (secondary N) is 1. The predicted octanol–water partition coefficient (Wildman–Crippen LogP) is 4.07. The second kappa shape index (κ2) is 6.09. The normalized spacial score (nSPS) is 12.3. The number of hydrogen-bond donors (Lipinski definition) is 1. The number of benzene rings is 1. The Balaban J connectivity index is 2.50. The number of rotatable bonds is 4. The van der Waals surface area contributed by atoms with Crippen LogP contribution in [0.2, 0.25) is 0 Å². The highest BCUT2D eigenvalue weighted by Crippen LogP contribution is 2.16. The molecule has 1 atom stereocenters. The minimum Gasteiger partial charge on any atom is -0.307 e. The minimum atomic E-state index is 0.397. The molecule has 1 nitrogen and oxygen atoms in total. The summed E-state index contributed by atoms with van der Waals surface area (Å²) < 4.78 is 1.13. The van der Waals surface area contributed by atoms with E-state index in [1.165, 1.54) is 11.1 Å². The van der Waals surface area contributed by atoms with E-state index in [4.69, 9.17) is 0 Å². The van der Waals surface area contributed by atoms with Gasteiger partial charge in [-0.3, -0.25) is 0 Å². The van der Waals surface area contributed by atoms with Gasteiger partial charge in [0.2, 0.25) is 0 Å². The molecular weight excluding hydrogens is 250 g/mol. The lowest BCUT2D eigenvalue weighted by molar-refractivity contribution is 0.616. The standard InChI is InChI=1S/C13H18BrN/c1-10(2)8-9-15-11(3)12-4-6-13(14)7-5-12/h4-8,11,15H,9H2,1-3H3. The van der Waals surface area contributed by atoms with Crippen molar-refractivity contribution < 1.29 is 0 Å². The second-order valence-electron chi connectivity index (χ2n) is 3.96. The summed E-state index contributed by atoms with van der Waals surface area (Å²) in [5.41, 5.74) is 2.67. The molecule has 0 aromatic heterocycles. The Morgan fingerprint density at radius 1 is 1.33 bits per heavy atom. The van der Waals surface area contributed by atoms with Crippen LogP contribution in [0.15, 0.2) is 40.4 Å². The zero-order valence-corrected chi connectivity index (χ0v) is 11.1. The molecule has 0 heterocycles. The molecule has 0 bridgehead atoms. The average Bonchev–Trinajstić information content (AvgIpc) is 2.18. The number of halogens is 1. The predicted molar refractivity (Wildman–Crippen MR) is 70.0 cm³/mol. The molecule has 1 N–H and O–H groups in total. The fourth-order valence-electron chi connectivity index (χ4n) is 1.31. The van der Waals surface area contributed by atoms with E-state index in [2.05, 4.69) is 72.4 Å². The average molecular weight is 268 g/mol. The molecule has 0 spiro atoms. The topological polar surface area (TPSA) is 12.0 Å². The third kappa shape index (κ3) is 4.63. The highest BCUT2D eigenvalue weighted by atomic mass is 79.9. The summed E-state index contributed by atoms with van der Waals surface area (Å²) in [7, 11) is 0. The van der Waals surface area contributed by atoms with Crippen LogP contribution in [0.25, 0.3) is 0 Å². The molecule has 0 saturated heterocycles. The molecule has 0 aliphatic rings. The lowest BCUT2D eigenvalue weighted by atomic mass is 10.1. The summed E-state index contributed by atoms with van der Waals surface area (Å²) in [4.78, 5) is 0. The van der Waals surface area contributed by atoms with Crippen LogP contribution >= 0.6 is 15.9 Å². The molecule has 15 heavy (non-hydrogen) atoms. The summed E-state index contributed by atoms with van der Waals surface area (Å²) in [5, 5.41) is 3.46. The smallest absolute Gasteiger partial charge is 0.0294 e. The number of hydrogen-bond acceptors (Lipinski definition) is 1. The van der Waals surface area contributed by atoms with Gasteiger partial charge in [0.25, 0.3) is 0 Å². The van der Waals surface area contributed by atoms with E-state index in [9.17, 15) is 0 Å². The zero-order valence-electron chi connectivity index (χ0n) is 9.55. The van der Waals surface area contributed by atoms with Gasteiger partial charge in [-0.05, 0) is 38.5 Å². The molecule has 0 aliphatic carbocycles. The highest BCUT2D eigenvalue weighted by Gasteiger charge is 2.02. The van der Waals surface area contributed by atoms with Gasteiger partial charge in [-0.1, -0.05) is 39.7 Å². The van der Waals surface area contributed by atoms with E-state index < -0.39 is 0 Å². The maximum atomic E-state index is 3.46. The Kier molecular flexibility index (Phi) is 5.06. The van der Waals surface area contributed by atoms with Gasteiger partial charge in [0.1, 0.15) is 0 Å². The van der Waals surface area contributed by atoms with E-state index in [-0.39, 0.29) is 0 Å². The van der Waals surface area contributed by atoms with Crippen LogP contribution in [-0.2, 0) is 0 Å². The fraction of sp³-hybridized carbons (Fsp3) is 0.385. The first-order valence-corrected chi connectivity index (χ1v) is 6.01. The third-order valence-corrected chi connectivity index (χ3v) is 2.83. The van der Waals surface area contributed by atoms with Gasteiger partial charge in [-0.2, -0.15) is 0 Å². The molecule has 0 fully saturated rings. The Morgan fingerprint density at radius 3 is 2.47 bits per heavy atom. The fourth-order valence-corrected chi connectivity index (χ4v) is 1.57. The quantitative estimate of drug-likeness (QED) is 0.812. The van der Waals surface area contributed by atoms with Crippen molar-refractivity contribution in [3.8, 4) is 0 Å². The van der Waals surface area contributed by atoms with Gasteiger partial charge in [0.05, 0.1) is 0 Å². The van der Waals surface area contributed by atoms with Gasteiger partial charge in [-0.25, -0.2) is 0 Å². The van der Waals surface area contributed by atoms with Crippen molar-refractivity contribution in [1.29, 1.82) is 0 Å². The minimum absolute atomic E-state index is 0.397. The first-order valence-electron chi connectivity index (χ1n) is 5.22. The first kappa shape index (κ1) is 12.5. The zero-order chi connectivity index (χ0) is 11.3. The molecule has 1 aromatic rings. The third-order valence-electron chi connectivity index (χ3n) is 2.30. The van der Waals surface area contributed by atoms with E-state index in [1.54, 1.807) is 0 Å². The largest absolute Gasteiger partial charge is 0.307 e. The summed E-state index contributed by atoms with van der Waals surface area (Å²) in [6.07, 6.45) is 2.20. The molecule has 1 unspecified atom stereocenters. The van der Waals surface area contributed by atoms with Crippen molar-refractivity contribution in [2.75, 3.05) is 6.54 Å². The van der Waals surface area contributed by atoms with Crippen LogP contribution in [0.4, 0.5) is 0 Å². The molecule has 0 aliphatic heterocycles. The Labute approximate surface area is 101 Å². The van der Waals surface area contributed by atoms with Gasteiger partial charge < -0.3 is 5.32 Å². The van der Waals surface area contributed by atoms with Gasteiger partial charge in [0.15, 0.2) is 0 Å². The molecule has 1 rings (SSSR count). The van der Waals surface area contributed by atoms with Gasteiger partial charge in [-0.15, -0.1) is 0 Å². The summed E-state index contributed by atoms with van der Waals surface area (Å²) >= 11 is 3.44. The first-order chi connectivity index (χ1) is 7.09. The highest BCUT2D eigenvalue weighted by molar-refractivity contribution is 9.10. The van der Waals surface area contributed by atoms with Crippen LogP contribution in [0.3, 0.4) is 0 Å². The Morgan fingerprint density at radius 2 is 1.93 bits per heavy atom. The molecule has 0 amide bonds. The monoisotopic (exact) mass is 267 g/mol. The second-order valence-corrected chi connectivity index (χ2v) is 4.88. The van der Waals surface area contributed by atoms with Crippen LogP contribution in [0, 0.1) is 0 Å². The van der Waals surface area contributed by atoms with Gasteiger partial charge >= 0.3 is 0 Å². The van der Waals surface area contributed by atoms with Crippen LogP contribution in [0.1, 0.15) is 32.4 Å². The van der Waals surface area contributed by atoms with Crippen molar-refractivity contribution in [3.05, 3.63) is 46.0 Å². The lowest BCUT2D eigenvalue weighted by Gasteiger charge is -2.12. The molecule has 1 aromatic carbocycles. The maximum Gasteiger partial charge on any atom is 0.0294 e. The van der Waals surface area contributed by atoms with Crippen LogP contribution in [-0.4, -0.2) is 6.54 Å². The van der Waals surface area contributed by atoms with Crippen LogP contribution in [0.5, 0.6) is 0 Å². The molecule has 82 valence electrons. The van der Waals surface area contributed by atoms with Crippen molar-refractivity contribution in [3.63, 3.8) is 0 Å². The molecule has 0 radical (unpaired) electrons. The molecular formula is C13H18BrN. The van der Waals surface area contributed by atoms with E-state index in [0.717, 1.165) is 11.0 Å². The Hall–Kier alpha value is -0.600. The van der Waals surface area contributed by atoms with E-state index in [1.807, 2.05) is 0 Å². The van der Waals surface area contributed by atoms with Gasteiger partial charge in [0, 0.05) is 17.1 Å². The van der Waals surface area contributed by atoms with Crippen molar-refractivity contribution in [1.82, 2.24) is 5.32 Å². The Bertz CT molecular complexity index is 323. The summed E-state index contributed by atoms with van der Waals surface area (Å²) in [6, 6.07) is 8.84. The van der Waals surface area contributed by atoms with Crippen molar-refractivity contribution >= 4 is 15.9 Å². The van der Waals surface area contributed by atoms with E-state index >= 15 is 0 Å². The maximum absolute atomic E-state index is 3.46.